The molecular formula is C12H22N2O. The van der Waals surface area contributed by atoms with E-state index in [1.54, 1.807) is 0 Å². The standard InChI is InChI=1S/C12H22N2O/c1-8(2)6-13-11-10(5)15-12(11)14-7-9(3)4/h8-10H,6-7H2,1-5H3. The van der Waals surface area contributed by atoms with Crippen LogP contribution in [0.25, 0.3) is 0 Å². The van der Waals surface area contributed by atoms with Crippen LogP contribution in [0.4, 0.5) is 0 Å². The molecule has 0 N–H and O–H groups in total. The Morgan fingerprint density at radius 3 is 2.07 bits per heavy atom. The predicted octanol–water partition coefficient (Wildman–Crippen LogP) is 2.56. The van der Waals surface area contributed by atoms with Gasteiger partial charge in [-0.15, -0.1) is 0 Å². The number of rotatable bonds is 4. The SMILES string of the molecule is CC(C)CN=C1OC(C)C1=NCC(C)C. The van der Waals surface area contributed by atoms with Crippen LogP contribution in [0.15, 0.2) is 9.98 Å². The second-order valence-corrected chi connectivity index (χ2v) is 4.92. The zero-order chi connectivity index (χ0) is 11.4. The third-order valence-electron chi connectivity index (χ3n) is 2.12. The van der Waals surface area contributed by atoms with Gasteiger partial charge in [0.25, 0.3) is 0 Å². The summed E-state index contributed by atoms with van der Waals surface area (Å²) in [6, 6.07) is 0. The first-order valence-electron chi connectivity index (χ1n) is 5.76. The van der Waals surface area contributed by atoms with Crippen LogP contribution in [-0.2, 0) is 4.74 Å². The zero-order valence-electron chi connectivity index (χ0n) is 10.4. The van der Waals surface area contributed by atoms with Crippen LogP contribution in [0.5, 0.6) is 0 Å². The summed E-state index contributed by atoms with van der Waals surface area (Å²) in [4.78, 5) is 8.93. The molecule has 1 saturated heterocycles. The molecule has 1 rings (SSSR count). The van der Waals surface area contributed by atoms with E-state index in [4.69, 9.17) is 4.74 Å². The van der Waals surface area contributed by atoms with Crippen molar-refractivity contribution in [1.29, 1.82) is 0 Å². The van der Waals surface area contributed by atoms with E-state index in [0.29, 0.717) is 11.8 Å². The molecule has 0 saturated carbocycles. The van der Waals surface area contributed by atoms with Crippen molar-refractivity contribution in [2.45, 2.75) is 40.7 Å². The van der Waals surface area contributed by atoms with Gasteiger partial charge in [0.15, 0.2) is 0 Å². The third-order valence-corrected chi connectivity index (χ3v) is 2.12. The van der Waals surface area contributed by atoms with E-state index >= 15 is 0 Å². The average Bonchev–Trinajstić information content (AvgIpc) is 2.11. The van der Waals surface area contributed by atoms with Crippen LogP contribution < -0.4 is 0 Å². The van der Waals surface area contributed by atoms with Crippen molar-refractivity contribution < 1.29 is 4.74 Å². The second-order valence-electron chi connectivity index (χ2n) is 4.92. The highest BCUT2D eigenvalue weighted by atomic mass is 16.5. The van der Waals surface area contributed by atoms with E-state index in [1.807, 2.05) is 6.92 Å². The van der Waals surface area contributed by atoms with Crippen molar-refractivity contribution in [2.24, 2.45) is 21.8 Å². The predicted molar refractivity (Wildman–Crippen MR) is 64.8 cm³/mol. The highest BCUT2D eigenvalue weighted by molar-refractivity contribution is 6.45. The molecular weight excluding hydrogens is 188 g/mol. The Hall–Kier alpha value is -0.860. The van der Waals surface area contributed by atoms with Gasteiger partial charge in [-0.2, -0.15) is 0 Å². The maximum absolute atomic E-state index is 5.45. The molecule has 3 heteroatoms. The Kier molecular flexibility index (Phi) is 4.30. The monoisotopic (exact) mass is 210 g/mol. The Morgan fingerprint density at radius 2 is 1.60 bits per heavy atom. The molecule has 0 aromatic heterocycles. The molecule has 0 aliphatic carbocycles. The van der Waals surface area contributed by atoms with Crippen molar-refractivity contribution in [3.8, 4) is 0 Å². The van der Waals surface area contributed by atoms with E-state index < -0.39 is 0 Å². The normalized spacial score (nSPS) is 26.2. The first kappa shape index (κ1) is 12.2. The van der Waals surface area contributed by atoms with Crippen LogP contribution in [0.2, 0.25) is 0 Å². The number of hydrogen-bond acceptors (Lipinski definition) is 3. The highest BCUT2D eigenvalue weighted by Crippen LogP contribution is 2.13. The minimum absolute atomic E-state index is 0.134. The quantitative estimate of drug-likeness (QED) is 0.702. The van der Waals surface area contributed by atoms with Gasteiger partial charge in [0.1, 0.15) is 11.8 Å². The summed E-state index contributed by atoms with van der Waals surface area (Å²) in [5.74, 6) is 1.93. The molecule has 1 atom stereocenters. The summed E-state index contributed by atoms with van der Waals surface area (Å²) in [6.07, 6.45) is 0.134. The van der Waals surface area contributed by atoms with Gasteiger partial charge in [-0.3, -0.25) is 4.99 Å². The van der Waals surface area contributed by atoms with Gasteiger partial charge < -0.3 is 4.74 Å². The summed E-state index contributed by atoms with van der Waals surface area (Å²) < 4.78 is 5.45. The van der Waals surface area contributed by atoms with Crippen molar-refractivity contribution in [1.82, 2.24) is 0 Å². The molecule has 1 unspecified atom stereocenters. The zero-order valence-corrected chi connectivity index (χ0v) is 10.4. The summed E-state index contributed by atoms with van der Waals surface area (Å²) in [5, 5.41) is 0. The van der Waals surface area contributed by atoms with E-state index in [2.05, 4.69) is 37.7 Å². The smallest absolute Gasteiger partial charge is 0.235 e. The van der Waals surface area contributed by atoms with Gasteiger partial charge in [-0.25, -0.2) is 4.99 Å². The van der Waals surface area contributed by atoms with E-state index in [1.165, 1.54) is 0 Å². The Morgan fingerprint density at radius 1 is 1.07 bits per heavy atom. The lowest BCUT2D eigenvalue weighted by Crippen LogP contribution is -2.44. The number of nitrogens with zero attached hydrogens (tertiary/aromatic N) is 2. The summed E-state index contributed by atoms with van der Waals surface area (Å²) in [7, 11) is 0. The van der Waals surface area contributed by atoms with Gasteiger partial charge in [-0.1, -0.05) is 27.7 Å². The van der Waals surface area contributed by atoms with Crippen molar-refractivity contribution in [3.63, 3.8) is 0 Å². The average molecular weight is 210 g/mol. The topological polar surface area (TPSA) is 34.0 Å². The lowest BCUT2D eigenvalue weighted by molar-refractivity contribution is 0.239. The first-order valence-corrected chi connectivity index (χ1v) is 5.76. The van der Waals surface area contributed by atoms with E-state index in [9.17, 15) is 0 Å². The Bertz CT molecular complexity index is 267. The summed E-state index contributed by atoms with van der Waals surface area (Å²) in [6.45, 7) is 12.3. The van der Waals surface area contributed by atoms with E-state index in [-0.39, 0.29) is 6.10 Å². The molecule has 1 aliphatic heterocycles. The number of hydrogen-bond donors (Lipinski definition) is 0. The molecule has 0 spiro atoms. The van der Waals surface area contributed by atoms with Crippen LogP contribution in [-0.4, -0.2) is 30.8 Å². The molecule has 0 bridgehead atoms. The summed E-state index contributed by atoms with van der Waals surface area (Å²) in [5.41, 5.74) is 1.05. The highest BCUT2D eigenvalue weighted by Gasteiger charge is 2.31. The van der Waals surface area contributed by atoms with Crippen molar-refractivity contribution >= 4 is 11.6 Å². The molecule has 1 fully saturated rings. The maximum Gasteiger partial charge on any atom is 0.235 e. The minimum Gasteiger partial charge on any atom is -0.467 e. The molecule has 86 valence electrons. The van der Waals surface area contributed by atoms with Crippen molar-refractivity contribution in [2.75, 3.05) is 13.1 Å². The molecule has 0 radical (unpaired) electrons. The van der Waals surface area contributed by atoms with Crippen LogP contribution in [0, 0.1) is 11.8 Å². The summed E-state index contributed by atoms with van der Waals surface area (Å²) >= 11 is 0. The van der Waals surface area contributed by atoms with Crippen LogP contribution >= 0.6 is 0 Å². The lowest BCUT2D eigenvalue weighted by Gasteiger charge is -2.28. The van der Waals surface area contributed by atoms with E-state index in [0.717, 1.165) is 24.7 Å². The Balaban J connectivity index is 2.54. The van der Waals surface area contributed by atoms with Gasteiger partial charge in [-0.05, 0) is 18.8 Å². The molecule has 1 heterocycles. The van der Waals surface area contributed by atoms with Gasteiger partial charge >= 0.3 is 0 Å². The number of ether oxygens (including phenoxy) is 1. The fourth-order valence-corrected chi connectivity index (χ4v) is 1.26. The molecule has 0 amide bonds. The molecule has 0 aromatic rings. The van der Waals surface area contributed by atoms with Crippen molar-refractivity contribution in [3.05, 3.63) is 0 Å². The second kappa shape index (κ2) is 5.29. The maximum atomic E-state index is 5.45. The molecule has 15 heavy (non-hydrogen) atoms. The Labute approximate surface area is 92.7 Å². The van der Waals surface area contributed by atoms with Crippen LogP contribution in [0.3, 0.4) is 0 Å². The van der Waals surface area contributed by atoms with Gasteiger partial charge in [0, 0.05) is 13.1 Å². The van der Waals surface area contributed by atoms with Gasteiger partial charge in [0.2, 0.25) is 5.90 Å². The minimum atomic E-state index is 0.134. The fraction of sp³-hybridized carbons (Fsp3) is 0.833. The lowest BCUT2D eigenvalue weighted by atomic mass is 10.1. The molecule has 0 aromatic carbocycles. The number of aliphatic imine (C=N–C) groups is 2. The molecule has 3 nitrogen and oxygen atoms in total. The molecule has 1 aliphatic rings. The fourth-order valence-electron chi connectivity index (χ4n) is 1.26. The van der Waals surface area contributed by atoms with Gasteiger partial charge in [0.05, 0.1) is 0 Å². The first-order chi connectivity index (χ1) is 7.00. The van der Waals surface area contributed by atoms with Crippen LogP contribution in [0.1, 0.15) is 34.6 Å². The largest absolute Gasteiger partial charge is 0.467 e. The third kappa shape index (κ3) is 3.65.